The van der Waals surface area contributed by atoms with Gasteiger partial charge in [-0.1, -0.05) is 30.3 Å². The van der Waals surface area contributed by atoms with Gasteiger partial charge in [0.05, 0.1) is 12.1 Å². The van der Waals surface area contributed by atoms with Gasteiger partial charge in [0.15, 0.2) is 6.04 Å². The Balaban J connectivity index is 1.71. The number of isocyanates is 1. The first-order valence-corrected chi connectivity index (χ1v) is 8.29. The van der Waals surface area contributed by atoms with Crippen LogP contribution in [-0.2, 0) is 25.6 Å². The van der Waals surface area contributed by atoms with Crippen molar-refractivity contribution in [2.75, 3.05) is 0 Å². The third kappa shape index (κ3) is 3.19. The molecular formula is C16H13N3O5S. The van der Waals surface area contributed by atoms with E-state index >= 15 is 0 Å². The Morgan fingerprint density at radius 1 is 1.32 bits per heavy atom. The van der Waals surface area contributed by atoms with Crippen LogP contribution >= 0.6 is 11.8 Å². The molecule has 2 aliphatic heterocycles. The van der Waals surface area contributed by atoms with Crippen LogP contribution in [-0.4, -0.2) is 51.3 Å². The van der Waals surface area contributed by atoms with Crippen LogP contribution in [0.2, 0.25) is 0 Å². The number of carboxylic acids is 1. The van der Waals surface area contributed by atoms with Crippen LogP contribution in [0.1, 0.15) is 5.56 Å². The largest absolute Gasteiger partial charge is 0.479 e. The van der Waals surface area contributed by atoms with E-state index in [2.05, 4.69) is 10.3 Å². The number of hydrogen-bond donors (Lipinski definition) is 2. The lowest BCUT2D eigenvalue weighted by atomic mass is 10.0. The summed E-state index contributed by atoms with van der Waals surface area (Å²) in [6, 6.07) is 6.92. The molecule has 1 fully saturated rings. The van der Waals surface area contributed by atoms with Crippen LogP contribution in [0.15, 0.2) is 46.4 Å². The summed E-state index contributed by atoms with van der Waals surface area (Å²) >= 11 is 1.13. The maximum atomic E-state index is 12.3. The van der Waals surface area contributed by atoms with E-state index in [0.29, 0.717) is 0 Å². The highest BCUT2D eigenvalue weighted by Crippen LogP contribution is 2.40. The van der Waals surface area contributed by atoms with Crippen molar-refractivity contribution in [1.29, 1.82) is 0 Å². The number of benzene rings is 1. The van der Waals surface area contributed by atoms with Gasteiger partial charge in [0.1, 0.15) is 11.4 Å². The van der Waals surface area contributed by atoms with Crippen LogP contribution in [0.4, 0.5) is 0 Å². The van der Waals surface area contributed by atoms with Gasteiger partial charge in [-0.2, -0.15) is 4.99 Å². The summed E-state index contributed by atoms with van der Waals surface area (Å²) in [5.41, 5.74) is 0.761. The maximum absolute atomic E-state index is 12.3. The number of fused-ring (bicyclic) bond motifs is 1. The number of rotatable bonds is 5. The van der Waals surface area contributed by atoms with Gasteiger partial charge < -0.3 is 15.3 Å². The van der Waals surface area contributed by atoms with Gasteiger partial charge in [0, 0.05) is 0 Å². The normalized spacial score (nSPS) is 24.3. The standard InChI is InChI=1S/C16H13N3O5S/c20-8-17-10-7-25-15-12(14(22)19(15)13(10)16(23)24)18-11(21)6-9-4-2-1-3-5-9/h1-5,7,12-13,15H,6H2,(H,18,21)(H,23,24)/t12?,13?,15-/m0/s1. The maximum Gasteiger partial charge on any atom is 0.332 e. The smallest absolute Gasteiger partial charge is 0.332 e. The van der Waals surface area contributed by atoms with Gasteiger partial charge >= 0.3 is 5.97 Å². The van der Waals surface area contributed by atoms with Crippen LogP contribution in [0.5, 0.6) is 0 Å². The molecule has 0 radical (unpaired) electrons. The molecule has 0 saturated carbocycles. The molecule has 9 heteroatoms. The van der Waals surface area contributed by atoms with Crippen LogP contribution in [0, 0.1) is 0 Å². The average Bonchev–Trinajstić information content (AvgIpc) is 2.60. The van der Waals surface area contributed by atoms with Crippen molar-refractivity contribution in [1.82, 2.24) is 10.2 Å². The average molecular weight is 359 g/mol. The number of nitrogens with one attached hydrogen (secondary N) is 1. The molecule has 3 atom stereocenters. The van der Waals surface area contributed by atoms with E-state index in [4.69, 9.17) is 0 Å². The van der Waals surface area contributed by atoms with Crippen molar-refractivity contribution in [3.63, 3.8) is 0 Å². The lowest BCUT2D eigenvalue weighted by Gasteiger charge is -2.50. The van der Waals surface area contributed by atoms with E-state index in [0.717, 1.165) is 22.2 Å². The van der Waals surface area contributed by atoms with Gasteiger partial charge in [0.2, 0.25) is 17.9 Å². The number of carbonyl (C=O) groups is 3. The Kier molecular flexibility index (Phi) is 4.69. The SMILES string of the molecule is O=C=NC1=CS[C@H]2C(NC(=O)Cc3ccccc3)C(=O)N2C1C(=O)O. The molecular weight excluding hydrogens is 346 g/mol. The fraction of sp³-hybridized carbons (Fsp3) is 0.250. The Hall–Kier alpha value is -2.90. The molecule has 25 heavy (non-hydrogen) atoms. The second-order valence-electron chi connectivity index (χ2n) is 5.47. The lowest BCUT2D eigenvalue weighted by molar-refractivity contribution is -0.160. The first-order valence-electron chi connectivity index (χ1n) is 7.34. The molecule has 2 heterocycles. The van der Waals surface area contributed by atoms with Crippen molar-refractivity contribution in [3.8, 4) is 0 Å². The third-order valence-corrected chi connectivity index (χ3v) is 5.05. The lowest BCUT2D eigenvalue weighted by Crippen LogP contribution is -2.73. The van der Waals surface area contributed by atoms with E-state index in [1.165, 1.54) is 11.5 Å². The minimum absolute atomic E-state index is 0.0498. The molecule has 3 rings (SSSR count). The topological polar surface area (TPSA) is 116 Å². The van der Waals surface area contributed by atoms with E-state index in [9.17, 15) is 24.3 Å². The quantitative estimate of drug-likeness (QED) is 0.443. The predicted octanol–water partition coefficient (Wildman–Crippen LogP) is 0.259. The minimum atomic E-state index is -1.34. The Labute approximate surface area is 146 Å². The molecule has 1 aromatic rings. The number of carboxylic acid groups (broad SMARTS) is 1. The van der Waals surface area contributed by atoms with Gasteiger partial charge in [0.25, 0.3) is 0 Å². The number of aliphatic carboxylic acids is 1. The monoisotopic (exact) mass is 359 g/mol. The number of amides is 2. The second-order valence-corrected chi connectivity index (χ2v) is 6.46. The summed E-state index contributed by atoms with van der Waals surface area (Å²) in [5, 5.41) is 12.8. The molecule has 1 aromatic carbocycles. The highest BCUT2D eigenvalue weighted by atomic mass is 32.2. The van der Waals surface area contributed by atoms with Crippen LogP contribution in [0.3, 0.4) is 0 Å². The fourth-order valence-corrected chi connectivity index (χ4v) is 3.93. The second kappa shape index (κ2) is 6.92. The molecule has 1 saturated heterocycles. The number of nitrogens with zero attached hydrogens (tertiary/aromatic N) is 2. The Morgan fingerprint density at radius 3 is 2.68 bits per heavy atom. The minimum Gasteiger partial charge on any atom is -0.479 e. The number of β-lactam (4-membered cyclic amide) rings is 1. The molecule has 8 nitrogen and oxygen atoms in total. The van der Waals surface area contributed by atoms with Crippen LogP contribution in [0.25, 0.3) is 0 Å². The number of thioether (sulfide) groups is 1. The molecule has 0 aliphatic carbocycles. The van der Waals surface area contributed by atoms with E-state index in [1.807, 2.05) is 18.2 Å². The Bertz CT molecular complexity index is 803. The van der Waals surface area contributed by atoms with Crippen molar-refractivity contribution >= 4 is 35.6 Å². The highest BCUT2D eigenvalue weighted by molar-refractivity contribution is 8.02. The molecule has 2 aliphatic rings. The zero-order chi connectivity index (χ0) is 18.0. The summed E-state index contributed by atoms with van der Waals surface area (Å²) < 4.78 is 0. The summed E-state index contributed by atoms with van der Waals surface area (Å²) in [7, 11) is 0. The van der Waals surface area contributed by atoms with E-state index in [1.54, 1.807) is 12.1 Å². The molecule has 2 unspecified atom stereocenters. The van der Waals surface area contributed by atoms with Crippen molar-refractivity contribution in [3.05, 3.63) is 47.0 Å². The third-order valence-electron chi connectivity index (χ3n) is 3.90. The zero-order valence-corrected chi connectivity index (χ0v) is 13.6. The van der Waals surface area contributed by atoms with E-state index in [-0.39, 0.29) is 18.0 Å². The van der Waals surface area contributed by atoms with Gasteiger partial charge in [-0.05, 0) is 11.0 Å². The number of carbonyl (C=O) groups excluding carboxylic acids is 3. The van der Waals surface area contributed by atoms with Crippen LogP contribution < -0.4 is 5.32 Å². The molecule has 2 N–H and O–H groups in total. The van der Waals surface area contributed by atoms with Crippen molar-refractivity contribution < 1.29 is 24.3 Å². The summed E-state index contributed by atoms with van der Waals surface area (Å²) in [6.07, 6.45) is 1.42. The first kappa shape index (κ1) is 16.9. The Morgan fingerprint density at radius 2 is 2.04 bits per heavy atom. The van der Waals surface area contributed by atoms with Crippen molar-refractivity contribution in [2.24, 2.45) is 4.99 Å². The first-order chi connectivity index (χ1) is 12.0. The number of hydrogen-bond acceptors (Lipinski definition) is 6. The van der Waals surface area contributed by atoms with Gasteiger partial charge in [-0.3, -0.25) is 9.59 Å². The molecule has 128 valence electrons. The summed E-state index contributed by atoms with van der Waals surface area (Å²) in [5.74, 6) is -2.13. The zero-order valence-electron chi connectivity index (χ0n) is 12.8. The number of aliphatic imine (C=N–C) groups is 1. The van der Waals surface area contributed by atoms with Gasteiger partial charge in [-0.25, -0.2) is 9.59 Å². The summed E-state index contributed by atoms with van der Waals surface area (Å²) in [6.45, 7) is 0. The van der Waals surface area contributed by atoms with Gasteiger partial charge in [-0.15, -0.1) is 11.8 Å². The molecule has 2 amide bonds. The highest BCUT2D eigenvalue weighted by Gasteiger charge is 2.56. The fourth-order valence-electron chi connectivity index (χ4n) is 2.78. The van der Waals surface area contributed by atoms with E-state index < -0.39 is 29.3 Å². The predicted molar refractivity (Wildman–Crippen MR) is 87.9 cm³/mol. The molecule has 0 aromatic heterocycles. The van der Waals surface area contributed by atoms with Crippen molar-refractivity contribution in [2.45, 2.75) is 23.9 Å². The summed E-state index contributed by atoms with van der Waals surface area (Å²) in [4.78, 5) is 50.7. The molecule has 0 bridgehead atoms. The molecule has 0 spiro atoms.